The number of nitrogens with one attached hydrogen (secondary N) is 2. The number of benzene rings is 3. The monoisotopic (exact) mass is 416 g/mol. The molecule has 0 bridgehead atoms. The Morgan fingerprint density at radius 2 is 1.70 bits per heavy atom. The van der Waals surface area contributed by atoms with Gasteiger partial charge in [-0.15, -0.1) is 0 Å². The highest BCUT2D eigenvalue weighted by Crippen LogP contribution is 2.39. The molecule has 0 unspecified atom stereocenters. The molecule has 2 N–H and O–H groups in total. The molecule has 0 spiro atoms. The third kappa shape index (κ3) is 4.26. The molecular formula is C25H24N2O2S. The largest absolute Gasteiger partial charge is 0.348 e. The molecule has 2 amide bonds. The SMILES string of the molecule is CC(C)(C)c1ccc(CNC(=O)c2ccc3c(c2)NC(=O)c2ccccc2S3)cc1. The molecule has 30 heavy (non-hydrogen) atoms. The van der Waals surface area contributed by atoms with Crippen molar-refractivity contribution in [3.8, 4) is 0 Å². The Morgan fingerprint density at radius 1 is 0.967 bits per heavy atom. The molecule has 3 aromatic rings. The topological polar surface area (TPSA) is 58.2 Å². The van der Waals surface area contributed by atoms with Crippen LogP contribution in [-0.4, -0.2) is 11.8 Å². The van der Waals surface area contributed by atoms with E-state index in [4.69, 9.17) is 0 Å². The Bertz CT molecular complexity index is 1110. The van der Waals surface area contributed by atoms with E-state index < -0.39 is 0 Å². The van der Waals surface area contributed by atoms with Crippen LogP contribution in [0.5, 0.6) is 0 Å². The molecule has 3 aromatic carbocycles. The van der Waals surface area contributed by atoms with Crippen LogP contribution in [0.15, 0.2) is 76.5 Å². The van der Waals surface area contributed by atoms with Gasteiger partial charge in [0.1, 0.15) is 0 Å². The van der Waals surface area contributed by atoms with E-state index in [2.05, 4.69) is 43.5 Å². The number of rotatable bonds is 3. The fourth-order valence-corrected chi connectivity index (χ4v) is 4.33. The first-order valence-corrected chi connectivity index (χ1v) is 10.7. The van der Waals surface area contributed by atoms with Gasteiger partial charge in [0, 0.05) is 21.9 Å². The molecule has 4 nitrogen and oxygen atoms in total. The lowest BCUT2D eigenvalue weighted by Crippen LogP contribution is -2.23. The molecule has 0 saturated heterocycles. The fourth-order valence-electron chi connectivity index (χ4n) is 3.32. The summed E-state index contributed by atoms with van der Waals surface area (Å²) in [6, 6.07) is 21.2. The number of amides is 2. The Morgan fingerprint density at radius 3 is 2.43 bits per heavy atom. The molecule has 0 fully saturated rings. The average molecular weight is 417 g/mol. The predicted octanol–water partition coefficient (Wildman–Crippen LogP) is 5.63. The van der Waals surface area contributed by atoms with Gasteiger partial charge in [-0.2, -0.15) is 0 Å². The van der Waals surface area contributed by atoms with Gasteiger partial charge in [0.25, 0.3) is 11.8 Å². The van der Waals surface area contributed by atoms with Gasteiger partial charge in [-0.3, -0.25) is 9.59 Å². The molecule has 152 valence electrons. The summed E-state index contributed by atoms with van der Waals surface area (Å²) in [4.78, 5) is 27.0. The van der Waals surface area contributed by atoms with E-state index >= 15 is 0 Å². The summed E-state index contributed by atoms with van der Waals surface area (Å²) >= 11 is 1.53. The quantitative estimate of drug-likeness (QED) is 0.582. The Hall–Kier alpha value is -3.05. The molecule has 1 heterocycles. The summed E-state index contributed by atoms with van der Waals surface area (Å²) in [5.41, 5.74) is 4.23. The minimum Gasteiger partial charge on any atom is -0.348 e. The molecule has 0 aromatic heterocycles. The van der Waals surface area contributed by atoms with Crippen molar-refractivity contribution in [1.82, 2.24) is 5.32 Å². The molecule has 0 saturated carbocycles. The molecule has 1 aliphatic heterocycles. The van der Waals surface area contributed by atoms with Crippen LogP contribution in [0.1, 0.15) is 52.6 Å². The lowest BCUT2D eigenvalue weighted by Gasteiger charge is -2.19. The van der Waals surface area contributed by atoms with E-state index in [0.29, 0.717) is 23.4 Å². The van der Waals surface area contributed by atoms with E-state index in [1.807, 2.05) is 42.5 Å². The summed E-state index contributed by atoms with van der Waals surface area (Å²) in [5, 5.41) is 5.89. The zero-order chi connectivity index (χ0) is 21.3. The van der Waals surface area contributed by atoms with E-state index in [1.165, 1.54) is 17.3 Å². The second kappa shape index (κ2) is 8.00. The zero-order valence-corrected chi connectivity index (χ0v) is 18.1. The number of hydrogen-bond acceptors (Lipinski definition) is 3. The molecule has 0 aliphatic carbocycles. The van der Waals surface area contributed by atoms with Crippen molar-refractivity contribution in [3.05, 3.63) is 89.0 Å². The van der Waals surface area contributed by atoms with Crippen molar-refractivity contribution in [2.45, 2.75) is 42.5 Å². The first-order valence-electron chi connectivity index (χ1n) is 9.91. The highest BCUT2D eigenvalue weighted by molar-refractivity contribution is 7.99. The van der Waals surface area contributed by atoms with E-state index in [0.717, 1.165) is 15.4 Å². The van der Waals surface area contributed by atoms with Crippen LogP contribution in [0.25, 0.3) is 0 Å². The minimum atomic E-state index is -0.168. The molecule has 0 radical (unpaired) electrons. The minimum absolute atomic E-state index is 0.103. The average Bonchev–Trinajstić information content (AvgIpc) is 2.87. The first-order chi connectivity index (χ1) is 14.3. The summed E-state index contributed by atoms with van der Waals surface area (Å²) in [6.07, 6.45) is 0. The van der Waals surface area contributed by atoms with E-state index in [-0.39, 0.29) is 17.2 Å². The van der Waals surface area contributed by atoms with Crippen LogP contribution in [0, 0.1) is 0 Å². The predicted molar refractivity (Wildman–Crippen MR) is 121 cm³/mol. The van der Waals surface area contributed by atoms with Crippen molar-refractivity contribution >= 4 is 29.3 Å². The van der Waals surface area contributed by atoms with Gasteiger partial charge >= 0.3 is 0 Å². The summed E-state index contributed by atoms with van der Waals surface area (Å²) < 4.78 is 0. The number of carbonyl (C=O) groups is 2. The fraction of sp³-hybridized carbons (Fsp3) is 0.200. The Labute approximate surface area is 181 Å². The van der Waals surface area contributed by atoms with Crippen molar-refractivity contribution < 1.29 is 9.59 Å². The van der Waals surface area contributed by atoms with Gasteiger partial charge in [0.15, 0.2) is 0 Å². The van der Waals surface area contributed by atoms with E-state index in [1.54, 1.807) is 12.1 Å². The van der Waals surface area contributed by atoms with Crippen LogP contribution in [0.2, 0.25) is 0 Å². The summed E-state index contributed by atoms with van der Waals surface area (Å²) in [6.45, 7) is 6.99. The van der Waals surface area contributed by atoms with Crippen molar-refractivity contribution in [1.29, 1.82) is 0 Å². The van der Waals surface area contributed by atoms with Crippen molar-refractivity contribution in [2.24, 2.45) is 0 Å². The van der Waals surface area contributed by atoms with Crippen LogP contribution in [0.4, 0.5) is 5.69 Å². The zero-order valence-electron chi connectivity index (χ0n) is 17.3. The van der Waals surface area contributed by atoms with Crippen LogP contribution in [-0.2, 0) is 12.0 Å². The second-order valence-corrected chi connectivity index (χ2v) is 9.48. The third-order valence-electron chi connectivity index (χ3n) is 5.11. The van der Waals surface area contributed by atoms with Gasteiger partial charge in [0.05, 0.1) is 11.3 Å². The molecule has 5 heteroatoms. The van der Waals surface area contributed by atoms with Gasteiger partial charge < -0.3 is 10.6 Å². The standard InChI is InChI=1S/C25H24N2O2S/c1-25(2,3)18-11-8-16(9-12-18)15-26-23(28)17-10-13-22-20(14-17)27-24(29)19-6-4-5-7-21(19)30-22/h4-14H,15H2,1-3H3,(H,26,28)(H,27,29). The molecule has 1 aliphatic rings. The maximum atomic E-state index is 12.7. The number of hydrogen-bond donors (Lipinski definition) is 2. The maximum Gasteiger partial charge on any atom is 0.256 e. The van der Waals surface area contributed by atoms with Crippen LogP contribution in [0.3, 0.4) is 0 Å². The lowest BCUT2D eigenvalue weighted by molar-refractivity contribution is 0.0949. The van der Waals surface area contributed by atoms with Gasteiger partial charge in [-0.05, 0) is 46.9 Å². The lowest BCUT2D eigenvalue weighted by atomic mass is 9.87. The maximum absolute atomic E-state index is 12.7. The number of fused-ring (bicyclic) bond motifs is 2. The van der Waals surface area contributed by atoms with Gasteiger partial charge in [-0.25, -0.2) is 0 Å². The van der Waals surface area contributed by atoms with Crippen LogP contribution < -0.4 is 10.6 Å². The highest BCUT2D eigenvalue weighted by Gasteiger charge is 2.20. The highest BCUT2D eigenvalue weighted by atomic mass is 32.2. The van der Waals surface area contributed by atoms with Crippen molar-refractivity contribution in [2.75, 3.05) is 5.32 Å². The molecule has 4 rings (SSSR count). The molecular weight excluding hydrogens is 392 g/mol. The number of anilines is 1. The van der Waals surface area contributed by atoms with Crippen molar-refractivity contribution in [3.63, 3.8) is 0 Å². The summed E-state index contributed by atoms with van der Waals surface area (Å²) in [7, 11) is 0. The van der Waals surface area contributed by atoms with Gasteiger partial charge in [-0.1, -0.05) is 68.9 Å². The van der Waals surface area contributed by atoms with Crippen LogP contribution >= 0.6 is 11.8 Å². The van der Waals surface area contributed by atoms with Gasteiger partial charge in [0.2, 0.25) is 0 Å². The van der Waals surface area contributed by atoms with E-state index in [9.17, 15) is 9.59 Å². The second-order valence-electron chi connectivity index (χ2n) is 8.39. The first kappa shape index (κ1) is 20.2. The Kier molecular flexibility index (Phi) is 5.39. The Balaban J connectivity index is 1.47. The summed E-state index contributed by atoms with van der Waals surface area (Å²) in [5.74, 6) is -0.327. The molecule has 0 atom stereocenters. The normalized spacial score (nSPS) is 13.0. The smallest absolute Gasteiger partial charge is 0.256 e. The third-order valence-corrected chi connectivity index (χ3v) is 6.27. The number of carbonyl (C=O) groups excluding carboxylic acids is 2.